The third-order valence-corrected chi connectivity index (χ3v) is 5.18. The fraction of sp³-hybridized carbons (Fsp3) is 0.407. The minimum absolute atomic E-state index is 0.310. The van der Waals surface area contributed by atoms with Gasteiger partial charge in [0.25, 0.3) is 0 Å². The SMILES string of the molecule is C=C(NC(C)C)\C(C=NC)=C(C)/C=C(\C=C/C)C(Nc1cccc(C)n1)=C1CCCC1. The standard InChI is InChI=1S/C27H38N4/c1-8-12-24(17-20(4)25(18-28-7)22(6)29-19(2)3)27(23-14-9-10-15-23)31-26-16-11-13-21(5)30-26/h8,11-13,16-19,29H,6,9-10,14-15H2,1-5,7H3,(H,30,31)/b12-8-,24-17+,25-20-,28-18?. The number of aromatic nitrogens is 1. The number of aliphatic imine (C=N–C) groups is 1. The number of hydrogen-bond donors (Lipinski definition) is 2. The first kappa shape index (κ1) is 24.4. The first-order chi connectivity index (χ1) is 14.8. The lowest BCUT2D eigenvalue weighted by molar-refractivity contribution is 0.680. The number of hydrogen-bond acceptors (Lipinski definition) is 4. The lowest BCUT2D eigenvalue weighted by Gasteiger charge is -2.18. The number of nitrogens with zero attached hydrogens (tertiary/aromatic N) is 2. The van der Waals surface area contributed by atoms with Gasteiger partial charge >= 0.3 is 0 Å². The van der Waals surface area contributed by atoms with Gasteiger partial charge in [-0.1, -0.05) is 24.8 Å². The molecule has 0 radical (unpaired) electrons. The lowest BCUT2D eigenvalue weighted by Crippen LogP contribution is -2.23. The van der Waals surface area contributed by atoms with Crippen LogP contribution in [0.15, 0.2) is 81.7 Å². The topological polar surface area (TPSA) is 49.3 Å². The van der Waals surface area contributed by atoms with Gasteiger partial charge in [-0.2, -0.15) is 0 Å². The Morgan fingerprint density at radius 3 is 2.52 bits per heavy atom. The Kier molecular flexibility index (Phi) is 9.51. The summed E-state index contributed by atoms with van der Waals surface area (Å²) in [5.74, 6) is 0.882. The fourth-order valence-electron chi connectivity index (χ4n) is 3.82. The Morgan fingerprint density at radius 2 is 1.94 bits per heavy atom. The zero-order chi connectivity index (χ0) is 22.8. The summed E-state index contributed by atoms with van der Waals surface area (Å²) in [5.41, 5.74) is 7.81. The highest BCUT2D eigenvalue weighted by Crippen LogP contribution is 2.32. The molecule has 1 aliphatic rings. The normalized spacial score (nSPS) is 15.7. The van der Waals surface area contributed by atoms with E-state index in [0.717, 1.165) is 46.8 Å². The van der Waals surface area contributed by atoms with Crippen LogP contribution in [-0.2, 0) is 0 Å². The van der Waals surface area contributed by atoms with Gasteiger partial charge in [-0.25, -0.2) is 4.98 Å². The van der Waals surface area contributed by atoms with Gasteiger partial charge in [-0.15, -0.1) is 0 Å². The van der Waals surface area contributed by atoms with Gasteiger partial charge < -0.3 is 10.6 Å². The zero-order valence-electron chi connectivity index (χ0n) is 20.0. The van der Waals surface area contributed by atoms with E-state index in [1.54, 1.807) is 7.05 Å². The van der Waals surface area contributed by atoms with E-state index in [9.17, 15) is 0 Å². The van der Waals surface area contributed by atoms with Crippen LogP contribution in [0, 0.1) is 6.92 Å². The van der Waals surface area contributed by atoms with Crippen molar-refractivity contribution in [2.24, 2.45) is 4.99 Å². The van der Waals surface area contributed by atoms with Crippen LogP contribution >= 0.6 is 0 Å². The second kappa shape index (κ2) is 12.1. The molecule has 1 aromatic heterocycles. The molecule has 0 atom stereocenters. The van der Waals surface area contributed by atoms with E-state index in [4.69, 9.17) is 0 Å². The highest BCUT2D eigenvalue weighted by molar-refractivity contribution is 5.86. The van der Waals surface area contributed by atoms with Crippen molar-refractivity contribution in [1.29, 1.82) is 0 Å². The molecule has 0 saturated heterocycles. The molecule has 1 aromatic rings. The summed E-state index contributed by atoms with van der Waals surface area (Å²) in [5, 5.41) is 7.05. The molecule has 31 heavy (non-hydrogen) atoms. The average molecular weight is 419 g/mol. The number of pyridine rings is 1. The van der Waals surface area contributed by atoms with Crippen LogP contribution in [0.2, 0.25) is 0 Å². The van der Waals surface area contributed by atoms with E-state index >= 15 is 0 Å². The molecule has 4 nitrogen and oxygen atoms in total. The molecule has 1 fully saturated rings. The molecule has 166 valence electrons. The van der Waals surface area contributed by atoms with Crippen molar-refractivity contribution in [2.75, 3.05) is 12.4 Å². The molecule has 2 rings (SSSR count). The predicted octanol–water partition coefficient (Wildman–Crippen LogP) is 6.66. The highest BCUT2D eigenvalue weighted by atomic mass is 15.0. The van der Waals surface area contributed by atoms with Crippen molar-refractivity contribution in [2.45, 2.75) is 66.3 Å². The summed E-state index contributed by atoms with van der Waals surface area (Å²) in [6, 6.07) is 6.41. The van der Waals surface area contributed by atoms with E-state index in [1.165, 1.54) is 24.1 Å². The molecule has 4 heteroatoms. The average Bonchev–Trinajstić information content (AvgIpc) is 3.24. The Bertz CT molecular complexity index is 918. The van der Waals surface area contributed by atoms with E-state index in [0.29, 0.717) is 6.04 Å². The van der Waals surface area contributed by atoms with Crippen LogP contribution in [0.4, 0.5) is 5.82 Å². The number of nitrogens with one attached hydrogen (secondary N) is 2. The summed E-state index contributed by atoms with van der Waals surface area (Å²) in [6.45, 7) is 14.7. The van der Waals surface area contributed by atoms with Crippen molar-refractivity contribution in [3.8, 4) is 0 Å². The third-order valence-electron chi connectivity index (χ3n) is 5.18. The maximum Gasteiger partial charge on any atom is 0.130 e. The van der Waals surface area contributed by atoms with E-state index in [2.05, 4.69) is 73.1 Å². The Morgan fingerprint density at radius 1 is 1.23 bits per heavy atom. The van der Waals surface area contributed by atoms with Gasteiger partial charge in [0.05, 0.1) is 0 Å². The molecule has 0 aliphatic heterocycles. The van der Waals surface area contributed by atoms with Crippen LogP contribution < -0.4 is 10.6 Å². The van der Waals surface area contributed by atoms with Gasteiger partial charge in [-0.05, 0) is 95.2 Å². The molecule has 0 bridgehead atoms. The molecule has 1 heterocycles. The summed E-state index contributed by atoms with van der Waals surface area (Å²) in [4.78, 5) is 8.95. The zero-order valence-corrected chi connectivity index (χ0v) is 20.0. The second-order valence-electron chi connectivity index (χ2n) is 8.34. The summed E-state index contributed by atoms with van der Waals surface area (Å²) in [7, 11) is 1.80. The third kappa shape index (κ3) is 7.39. The van der Waals surface area contributed by atoms with Crippen LogP contribution in [-0.4, -0.2) is 24.3 Å². The number of allylic oxidation sites excluding steroid dienone is 6. The van der Waals surface area contributed by atoms with Gasteiger partial charge in [-0.3, -0.25) is 4.99 Å². The van der Waals surface area contributed by atoms with E-state index < -0.39 is 0 Å². The second-order valence-corrected chi connectivity index (χ2v) is 8.34. The van der Waals surface area contributed by atoms with Gasteiger partial charge in [0.2, 0.25) is 0 Å². The molecule has 2 N–H and O–H groups in total. The molecule has 1 saturated carbocycles. The van der Waals surface area contributed by atoms with Crippen molar-refractivity contribution in [1.82, 2.24) is 10.3 Å². The minimum Gasteiger partial charge on any atom is -0.383 e. The Balaban J connectivity index is 2.57. The minimum atomic E-state index is 0.310. The summed E-state index contributed by atoms with van der Waals surface area (Å²) in [6.07, 6.45) is 13.1. The van der Waals surface area contributed by atoms with E-state index in [1.807, 2.05) is 31.3 Å². The Labute approximate surface area is 188 Å². The molecule has 0 unspecified atom stereocenters. The van der Waals surface area contributed by atoms with Crippen LogP contribution in [0.3, 0.4) is 0 Å². The summed E-state index contributed by atoms with van der Waals surface area (Å²) >= 11 is 0. The largest absolute Gasteiger partial charge is 0.383 e. The first-order valence-corrected chi connectivity index (χ1v) is 11.2. The molecule has 1 aliphatic carbocycles. The smallest absolute Gasteiger partial charge is 0.130 e. The van der Waals surface area contributed by atoms with Crippen LogP contribution in [0.5, 0.6) is 0 Å². The van der Waals surface area contributed by atoms with E-state index in [-0.39, 0.29) is 0 Å². The van der Waals surface area contributed by atoms with Gasteiger partial charge in [0, 0.05) is 42.0 Å². The quantitative estimate of drug-likeness (QED) is 0.348. The fourth-order valence-corrected chi connectivity index (χ4v) is 3.82. The number of aryl methyl sites for hydroxylation is 1. The summed E-state index contributed by atoms with van der Waals surface area (Å²) < 4.78 is 0. The number of rotatable bonds is 9. The predicted molar refractivity (Wildman–Crippen MR) is 136 cm³/mol. The Hall–Kier alpha value is -2.88. The number of anilines is 1. The van der Waals surface area contributed by atoms with Crippen molar-refractivity contribution in [3.05, 3.63) is 82.4 Å². The van der Waals surface area contributed by atoms with Crippen LogP contribution in [0.25, 0.3) is 0 Å². The van der Waals surface area contributed by atoms with Crippen molar-refractivity contribution in [3.63, 3.8) is 0 Å². The lowest BCUT2D eigenvalue weighted by atomic mass is 9.99. The maximum absolute atomic E-state index is 4.68. The van der Waals surface area contributed by atoms with Crippen LogP contribution in [0.1, 0.15) is 59.1 Å². The molecular formula is C27H38N4. The molecule has 0 aromatic carbocycles. The molecule has 0 spiro atoms. The maximum atomic E-state index is 4.68. The van der Waals surface area contributed by atoms with Gasteiger partial charge in [0.15, 0.2) is 0 Å². The molecule has 0 amide bonds. The van der Waals surface area contributed by atoms with Gasteiger partial charge in [0.1, 0.15) is 5.82 Å². The van der Waals surface area contributed by atoms with Crippen molar-refractivity contribution < 1.29 is 0 Å². The highest BCUT2D eigenvalue weighted by Gasteiger charge is 2.16. The monoisotopic (exact) mass is 418 g/mol. The van der Waals surface area contributed by atoms with Crippen molar-refractivity contribution >= 4 is 12.0 Å². The molecular weight excluding hydrogens is 380 g/mol. The first-order valence-electron chi connectivity index (χ1n) is 11.2.